The van der Waals surface area contributed by atoms with Gasteiger partial charge in [-0.2, -0.15) is 0 Å². The van der Waals surface area contributed by atoms with E-state index < -0.39 is 11.9 Å². The summed E-state index contributed by atoms with van der Waals surface area (Å²) in [5.74, 6) is -1.64. The lowest BCUT2D eigenvalue weighted by Gasteiger charge is -2.13. The lowest BCUT2D eigenvalue weighted by atomic mass is 10.1. The van der Waals surface area contributed by atoms with Crippen LogP contribution >= 0.6 is 0 Å². The van der Waals surface area contributed by atoms with Crippen LogP contribution in [0.3, 0.4) is 0 Å². The van der Waals surface area contributed by atoms with E-state index in [2.05, 4.69) is 10.3 Å². The van der Waals surface area contributed by atoms with Gasteiger partial charge >= 0.3 is 11.9 Å². The number of esters is 1. The number of carboxylic acids is 1. The molecule has 1 fully saturated rings. The van der Waals surface area contributed by atoms with Gasteiger partial charge in [0.2, 0.25) is 0 Å². The molecule has 1 aromatic heterocycles. The number of aromatic nitrogens is 3. The third kappa shape index (κ3) is 2.80. The van der Waals surface area contributed by atoms with E-state index in [-0.39, 0.29) is 11.8 Å². The molecule has 0 bridgehead atoms. The molecule has 23 heavy (non-hydrogen) atoms. The van der Waals surface area contributed by atoms with E-state index in [4.69, 9.17) is 9.47 Å². The maximum Gasteiger partial charge on any atom is 0.358 e. The number of nitrogens with zero attached hydrogens (tertiary/aromatic N) is 3. The van der Waals surface area contributed by atoms with E-state index in [1.54, 1.807) is 24.3 Å². The molecule has 1 unspecified atom stereocenters. The van der Waals surface area contributed by atoms with E-state index in [1.165, 1.54) is 11.8 Å². The molecule has 1 atom stereocenters. The van der Waals surface area contributed by atoms with Crippen LogP contribution in [0.1, 0.15) is 45.5 Å². The highest BCUT2D eigenvalue weighted by Gasteiger charge is 2.30. The molecule has 1 aromatic carbocycles. The Morgan fingerprint density at radius 3 is 2.91 bits per heavy atom. The lowest BCUT2D eigenvalue weighted by Crippen LogP contribution is -2.12. The van der Waals surface area contributed by atoms with Gasteiger partial charge in [-0.3, -0.25) is 0 Å². The van der Waals surface area contributed by atoms with Crippen LogP contribution in [0.25, 0.3) is 5.69 Å². The first-order valence-electron chi connectivity index (χ1n) is 7.11. The van der Waals surface area contributed by atoms with Crippen molar-refractivity contribution in [1.82, 2.24) is 15.0 Å². The predicted molar refractivity (Wildman–Crippen MR) is 77.6 cm³/mol. The average molecular weight is 317 g/mol. The van der Waals surface area contributed by atoms with Gasteiger partial charge in [0.15, 0.2) is 5.69 Å². The second-order valence-electron chi connectivity index (χ2n) is 5.08. The zero-order valence-corrected chi connectivity index (χ0v) is 12.4. The molecule has 0 saturated carbocycles. The molecule has 0 radical (unpaired) electrons. The molecule has 3 rings (SSSR count). The predicted octanol–water partition coefficient (Wildman–Crippen LogP) is 1.60. The highest BCUT2D eigenvalue weighted by molar-refractivity contribution is 5.90. The van der Waals surface area contributed by atoms with E-state index >= 15 is 0 Å². The van der Waals surface area contributed by atoms with Crippen LogP contribution in [0.2, 0.25) is 0 Å². The van der Waals surface area contributed by atoms with Gasteiger partial charge in [0.25, 0.3) is 0 Å². The quantitative estimate of drug-likeness (QED) is 0.854. The normalized spacial score (nSPS) is 17.2. The second kappa shape index (κ2) is 6.17. The standard InChI is InChI=1S/C15H15N3O5/c1-22-15(21)9-4-2-5-10(8-9)18-13(11-6-3-7-23-11)12(14(19)20)16-17-18/h2,4-5,8,11H,3,6-7H2,1H3,(H,19,20). The zero-order chi connectivity index (χ0) is 16.4. The second-order valence-corrected chi connectivity index (χ2v) is 5.08. The minimum absolute atomic E-state index is 0.139. The van der Waals surface area contributed by atoms with Gasteiger partial charge < -0.3 is 14.6 Å². The molecule has 120 valence electrons. The number of rotatable bonds is 4. The molecule has 0 amide bonds. The molecule has 0 spiro atoms. The number of aromatic carboxylic acids is 1. The van der Waals surface area contributed by atoms with Crippen LogP contribution in [0.15, 0.2) is 24.3 Å². The number of benzene rings is 1. The summed E-state index contributed by atoms with van der Waals surface area (Å²) in [6, 6.07) is 6.56. The first-order valence-corrected chi connectivity index (χ1v) is 7.11. The summed E-state index contributed by atoms with van der Waals surface area (Å²) in [4.78, 5) is 23.1. The van der Waals surface area contributed by atoms with Crippen molar-refractivity contribution in [3.05, 3.63) is 41.2 Å². The van der Waals surface area contributed by atoms with Crippen LogP contribution in [0.4, 0.5) is 0 Å². The Kier molecular flexibility index (Phi) is 4.07. The Balaban J connectivity index is 2.09. The Morgan fingerprint density at radius 1 is 1.43 bits per heavy atom. The van der Waals surface area contributed by atoms with E-state index in [1.807, 2.05) is 0 Å². The fourth-order valence-corrected chi connectivity index (χ4v) is 2.60. The largest absolute Gasteiger partial charge is 0.476 e. The molecule has 8 heteroatoms. The third-order valence-corrected chi connectivity index (χ3v) is 3.65. The summed E-state index contributed by atoms with van der Waals surface area (Å²) < 4.78 is 11.7. The molecule has 1 saturated heterocycles. The van der Waals surface area contributed by atoms with Gasteiger partial charge in [0, 0.05) is 6.61 Å². The number of carbonyl (C=O) groups excluding carboxylic acids is 1. The van der Waals surface area contributed by atoms with Gasteiger partial charge in [-0.15, -0.1) is 5.10 Å². The molecule has 1 N–H and O–H groups in total. The van der Waals surface area contributed by atoms with Gasteiger partial charge in [-0.05, 0) is 31.0 Å². The summed E-state index contributed by atoms with van der Waals surface area (Å²) in [6.45, 7) is 0.567. The molecule has 1 aliphatic heterocycles. The van der Waals surface area contributed by atoms with Crippen molar-refractivity contribution < 1.29 is 24.2 Å². The highest BCUT2D eigenvalue weighted by atomic mass is 16.5. The molecule has 8 nitrogen and oxygen atoms in total. The van der Waals surface area contributed by atoms with Crippen LogP contribution in [-0.4, -0.2) is 45.8 Å². The number of carboxylic acid groups (broad SMARTS) is 1. The van der Waals surface area contributed by atoms with Crippen molar-refractivity contribution in [3.63, 3.8) is 0 Å². The summed E-state index contributed by atoms with van der Waals surface area (Å²) in [5.41, 5.74) is 1.12. The lowest BCUT2D eigenvalue weighted by molar-refractivity contribution is 0.0599. The van der Waals surface area contributed by atoms with Crippen LogP contribution < -0.4 is 0 Å². The number of carbonyl (C=O) groups is 2. The Labute approximate surface area is 131 Å². The smallest absolute Gasteiger partial charge is 0.358 e. The minimum Gasteiger partial charge on any atom is -0.476 e. The van der Waals surface area contributed by atoms with Crippen molar-refractivity contribution in [2.24, 2.45) is 0 Å². The molecular formula is C15H15N3O5. The molecule has 0 aliphatic carbocycles. The Morgan fingerprint density at radius 2 is 2.26 bits per heavy atom. The van der Waals surface area contributed by atoms with Crippen LogP contribution in [0, 0.1) is 0 Å². The zero-order valence-electron chi connectivity index (χ0n) is 12.4. The topological polar surface area (TPSA) is 104 Å². The molecule has 1 aliphatic rings. The van der Waals surface area contributed by atoms with Crippen molar-refractivity contribution in [1.29, 1.82) is 0 Å². The molecule has 2 aromatic rings. The monoisotopic (exact) mass is 317 g/mol. The first kappa shape index (κ1) is 15.2. The van der Waals surface area contributed by atoms with E-state index in [0.717, 1.165) is 6.42 Å². The van der Waals surface area contributed by atoms with Gasteiger partial charge in [0.05, 0.1) is 18.4 Å². The average Bonchev–Trinajstić information content (AvgIpc) is 3.22. The van der Waals surface area contributed by atoms with Gasteiger partial charge in [0.1, 0.15) is 11.8 Å². The maximum atomic E-state index is 11.7. The summed E-state index contributed by atoms with van der Waals surface area (Å²) in [6.07, 6.45) is 1.17. The maximum absolute atomic E-state index is 11.7. The number of methoxy groups -OCH3 is 1. The van der Waals surface area contributed by atoms with Crippen LogP contribution in [-0.2, 0) is 9.47 Å². The van der Waals surface area contributed by atoms with Crippen molar-refractivity contribution >= 4 is 11.9 Å². The summed E-state index contributed by atoms with van der Waals surface area (Å²) >= 11 is 0. The van der Waals surface area contributed by atoms with Crippen molar-refractivity contribution in [3.8, 4) is 5.69 Å². The fourth-order valence-electron chi connectivity index (χ4n) is 2.60. The highest BCUT2D eigenvalue weighted by Crippen LogP contribution is 2.31. The SMILES string of the molecule is COC(=O)c1cccc(-n2nnc(C(=O)O)c2C2CCCO2)c1. The van der Waals surface area contributed by atoms with Gasteiger partial charge in [-0.25, -0.2) is 14.3 Å². The van der Waals surface area contributed by atoms with Gasteiger partial charge in [-0.1, -0.05) is 11.3 Å². The minimum atomic E-state index is -1.16. The number of hydrogen-bond donors (Lipinski definition) is 1. The third-order valence-electron chi connectivity index (χ3n) is 3.65. The number of ether oxygens (including phenoxy) is 2. The first-order chi connectivity index (χ1) is 11.1. The van der Waals surface area contributed by atoms with E-state index in [9.17, 15) is 14.7 Å². The van der Waals surface area contributed by atoms with Crippen LogP contribution in [0.5, 0.6) is 0 Å². The summed E-state index contributed by atoms with van der Waals surface area (Å²) in [5, 5.41) is 17.0. The summed E-state index contributed by atoms with van der Waals surface area (Å²) in [7, 11) is 1.30. The molecular weight excluding hydrogens is 302 g/mol. The Hall–Kier alpha value is -2.74. The molecule has 2 heterocycles. The van der Waals surface area contributed by atoms with E-state index in [0.29, 0.717) is 30.0 Å². The fraction of sp³-hybridized carbons (Fsp3) is 0.333. The Bertz CT molecular complexity index is 749. The van der Waals surface area contributed by atoms with Crippen molar-refractivity contribution in [2.45, 2.75) is 18.9 Å². The van der Waals surface area contributed by atoms with Crippen molar-refractivity contribution in [2.75, 3.05) is 13.7 Å². The number of hydrogen-bond acceptors (Lipinski definition) is 6.